The van der Waals surface area contributed by atoms with Gasteiger partial charge in [-0.1, -0.05) is 12.1 Å². The maximum Gasteiger partial charge on any atom is 0.287 e. The number of methoxy groups -OCH3 is 1. The minimum atomic E-state index is -3.18. The second kappa shape index (κ2) is 5.36. The SMILES string of the molecule is COc1cccc2c(NCC(F)(F)CO)nccc12. The van der Waals surface area contributed by atoms with E-state index in [9.17, 15) is 8.78 Å². The molecule has 0 aliphatic rings. The van der Waals surface area contributed by atoms with E-state index in [1.54, 1.807) is 31.4 Å². The standard InChI is InChI=1S/C13H14F2N2O2/c1-19-11-4-2-3-10-9(11)5-6-16-12(10)17-7-13(14,15)8-18/h2-6,18H,7-8H2,1H3,(H,16,17). The normalized spacial score (nSPS) is 11.6. The molecule has 102 valence electrons. The minimum Gasteiger partial charge on any atom is -0.496 e. The zero-order chi connectivity index (χ0) is 13.9. The Bertz CT molecular complexity index is 576. The van der Waals surface area contributed by atoms with Gasteiger partial charge >= 0.3 is 0 Å². The van der Waals surface area contributed by atoms with Crippen LogP contribution in [0.5, 0.6) is 5.75 Å². The number of hydrogen-bond acceptors (Lipinski definition) is 4. The maximum absolute atomic E-state index is 13.0. The molecule has 0 aliphatic heterocycles. The van der Waals surface area contributed by atoms with Gasteiger partial charge in [-0.2, -0.15) is 0 Å². The van der Waals surface area contributed by atoms with E-state index in [4.69, 9.17) is 9.84 Å². The van der Waals surface area contributed by atoms with Crippen LogP contribution in [0.1, 0.15) is 0 Å². The van der Waals surface area contributed by atoms with Gasteiger partial charge in [-0.25, -0.2) is 13.8 Å². The maximum atomic E-state index is 13.0. The first-order chi connectivity index (χ1) is 9.07. The molecule has 0 unspecified atom stereocenters. The molecule has 0 fully saturated rings. The molecule has 0 bridgehead atoms. The van der Waals surface area contributed by atoms with E-state index in [0.29, 0.717) is 17.0 Å². The molecule has 1 heterocycles. The molecular formula is C13H14F2N2O2. The Kier molecular flexibility index (Phi) is 3.80. The molecule has 2 aromatic rings. The first kappa shape index (κ1) is 13.5. The number of aliphatic hydroxyl groups is 1. The number of nitrogens with one attached hydrogen (secondary N) is 1. The highest BCUT2D eigenvalue weighted by Gasteiger charge is 2.27. The molecule has 19 heavy (non-hydrogen) atoms. The van der Waals surface area contributed by atoms with Gasteiger partial charge in [0, 0.05) is 17.0 Å². The fourth-order valence-electron chi connectivity index (χ4n) is 1.77. The molecule has 6 heteroatoms. The molecule has 4 nitrogen and oxygen atoms in total. The molecule has 0 atom stereocenters. The van der Waals surface area contributed by atoms with Crippen LogP contribution in [0.2, 0.25) is 0 Å². The summed E-state index contributed by atoms with van der Waals surface area (Å²) in [5.41, 5.74) is 0. The van der Waals surface area contributed by atoms with Crippen molar-refractivity contribution in [2.45, 2.75) is 5.92 Å². The number of pyridine rings is 1. The van der Waals surface area contributed by atoms with Gasteiger partial charge in [0.05, 0.1) is 13.7 Å². The molecule has 1 aromatic heterocycles. The summed E-state index contributed by atoms with van der Waals surface area (Å²) in [6.07, 6.45) is 1.52. The molecule has 0 aliphatic carbocycles. The summed E-state index contributed by atoms with van der Waals surface area (Å²) in [6, 6.07) is 7.07. The zero-order valence-corrected chi connectivity index (χ0v) is 10.4. The van der Waals surface area contributed by atoms with Crippen molar-refractivity contribution in [2.24, 2.45) is 0 Å². The van der Waals surface area contributed by atoms with E-state index in [1.165, 1.54) is 6.20 Å². The van der Waals surface area contributed by atoms with Crippen molar-refractivity contribution in [3.05, 3.63) is 30.5 Å². The van der Waals surface area contributed by atoms with Gasteiger partial charge in [0.2, 0.25) is 0 Å². The van der Waals surface area contributed by atoms with Crippen molar-refractivity contribution in [1.82, 2.24) is 4.98 Å². The van der Waals surface area contributed by atoms with Gasteiger partial charge in [0.15, 0.2) is 0 Å². The van der Waals surface area contributed by atoms with Gasteiger partial charge in [-0.05, 0) is 12.1 Å². The summed E-state index contributed by atoms with van der Waals surface area (Å²) in [5.74, 6) is -2.19. The third kappa shape index (κ3) is 2.90. The van der Waals surface area contributed by atoms with Gasteiger partial charge in [-0.3, -0.25) is 0 Å². The highest BCUT2D eigenvalue weighted by atomic mass is 19.3. The molecular weight excluding hydrogens is 254 g/mol. The third-order valence-corrected chi connectivity index (χ3v) is 2.73. The number of anilines is 1. The number of ether oxygens (including phenoxy) is 1. The van der Waals surface area contributed by atoms with Crippen molar-refractivity contribution in [3.63, 3.8) is 0 Å². The molecule has 0 saturated carbocycles. The molecule has 1 aromatic carbocycles. The fraction of sp³-hybridized carbons (Fsp3) is 0.308. The Morgan fingerprint density at radius 1 is 1.32 bits per heavy atom. The lowest BCUT2D eigenvalue weighted by Crippen LogP contribution is -2.31. The van der Waals surface area contributed by atoms with Crippen molar-refractivity contribution in [1.29, 1.82) is 0 Å². The predicted molar refractivity (Wildman–Crippen MR) is 68.8 cm³/mol. The Morgan fingerprint density at radius 2 is 2.11 bits per heavy atom. The van der Waals surface area contributed by atoms with Gasteiger partial charge in [0.1, 0.15) is 18.2 Å². The highest BCUT2D eigenvalue weighted by Crippen LogP contribution is 2.29. The summed E-state index contributed by atoms with van der Waals surface area (Å²) in [4.78, 5) is 4.04. The Balaban J connectivity index is 2.34. The number of benzene rings is 1. The number of aliphatic hydroxyl groups excluding tert-OH is 1. The zero-order valence-electron chi connectivity index (χ0n) is 10.4. The van der Waals surface area contributed by atoms with Gasteiger partial charge in [0.25, 0.3) is 5.92 Å². The van der Waals surface area contributed by atoms with E-state index in [-0.39, 0.29) is 0 Å². The lowest BCUT2D eigenvalue weighted by molar-refractivity contribution is -0.0373. The minimum absolute atomic E-state index is 0.338. The summed E-state index contributed by atoms with van der Waals surface area (Å²) in [6.45, 7) is -1.87. The van der Waals surface area contributed by atoms with Crippen LogP contribution >= 0.6 is 0 Å². The molecule has 0 radical (unpaired) electrons. The number of halogens is 2. The lowest BCUT2D eigenvalue weighted by Gasteiger charge is -2.15. The quantitative estimate of drug-likeness (QED) is 0.873. The summed E-state index contributed by atoms with van der Waals surface area (Å²) in [5, 5.41) is 12.6. The van der Waals surface area contributed by atoms with E-state index < -0.39 is 19.1 Å². The van der Waals surface area contributed by atoms with Crippen molar-refractivity contribution >= 4 is 16.6 Å². The van der Waals surface area contributed by atoms with Crippen LogP contribution in [0, 0.1) is 0 Å². The molecule has 0 spiro atoms. The molecule has 2 N–H and O–H groups in total. The Labute approximate surface area is 109 Å². The van der Waals surface area contributed by atoms with Crippen LogP contribution in [0.3, 0.4) is 0 Å². The second-order valence-electron chi connectivity index (χ2n) is 4.08. The number of rotatable bonds is 5. The predicted octanol–water partition coefficient (Wildman–Crippen LogP) is 2.28. The summed E-state index contributed by atoms with van der Waals surface area (Å²) in [7, 11) is 1.54. The van der Waals surface area contributed by atoms with Crippen LogP contribution in [0.4, 0.5) is 14.6 Å². The number of aromatic nitrogens is 1. The van der Waals surface area contributed by atoms with Crippen molar-refractivity contribution < 1.29 is 18.6 Å². The van der Waals surface area contributed by atoms with Gasteiger partial charge in [-0.15, -0.1) is 0 Å². The summed E-state index contributed by atoms with van der Waals surface area (Å²) < 4.78 is 31.2. The van der Waals surface area contributed by atoms with Gasteiger partial charge < -0.3 is 15.2 Å². The number of fused-ring (bicyclic) bond motifs is 1. The fourth-order valence-corrected chi connectivity index (χ4v) is 1.77. The number of alkyl halides is 2. The lowest BCUT2D eigenvalue weighted by atomic mass is 10.1. The van der Waals surface area contributed by atoms with Crippen LogP contribution < -0.4 is 10.1 Å². The highest BCUT2D eigenvalue weighted by molar-refractivity contribution is 5.95. The van der Waals surface area contributed by atoms with E-state index in [1.807, 2.05) is 0 Å². The van der Waals surface area contributed by atoms with E-state index in [2.05, 4.69) is 10.3 Å². The smallest absolute Gasteiger partial charge is 0.287 e. The third-order valence-electron chi connectivity index (χ3n) is 2.73. The Hall–Kier alpha value is -1.95. The second-order valence-corrected chi connectivity index (χ2v) is 4.08. The molecule has 0 saturated heterocycles. The first-order valence-corrected chi connectivity index (χ1v) is 5.72. The first-order valence-electron chi connectivity index (χ1n) is 5.72. The van der Waals surface area contributed by atoms with Crippen LogP contribution in [0.15, 0.2) is 30.5 Å². The monoisotopic (exact) mass is 268 g/mol. The van der Waals surface area contributed by atoms with Crippen LogP contribution in [0.25, 0.3) is 10.8 Å². The number of hydrogen-bond donors (Lipinski definition) is 2. The van der Waals surface area contributed by atoms with Crippen LogP contribution in [-0.4, -0.2) is 36.3 Å². The average molecular weight is 268 g/mol. The van der Waals surface area contributed by atoms with E-state index in [0.717, 1.165) is 5.39 Å². The van der Waals surface area contributed by atoms with Crippen molar-refractivity contribution in [3.8, 4) is 5.75 Å². The Morgan fingerprint density at radius 3 is 2.79 bits per heavy atom. The topological polar surface area (TPSA) is 54.4 Å². The summed E-state index contributed by atoms with van der Waals surface area (Å²) >= 11 is 0. The van der Waals surface area contributed by atoms with E-state index >= 15 is 0 Å². The van der Waals surface area contributed by atoms with Crippen LogP contribution in [-0.2, 0) is 0 Å². The largest absolute Gasteiger partial charge is 0.496 e. The molecule has 2 rings (SSSR count). The number of nitrogens with zero attached hydrogens (tertiary/aromatic N) is 1. The average Bonchev–Trinajstić information content (AvgIpc) is 2.44. The van der Waals surface area contributed by atoms with Crippen molar-refractivity contribution in [2.75, 3.05) is 25.6 Å². The molecule has 0 amide bonds.